The molecule has 19 heavy (non-hydrogen) atoms. The zero-order chi connectivity index (χ0) is 14.3. The van der Waals surface area contributed by atoms with Gasteiger partial charge in [0.25, 0.3) is 0 Å². The first-order valence-electron chi connectivity index (χ1n) is 6.62. The van der Waals surface area contributed by atoms with Gasteiger partial charge < -0.3 is 11.1 Å². The van der Waals surface area contributed by atoms with E-state index in [-0.39, 0.29) is 17.9 Å². The van der Waals surface area contributed by atoms with Crippen molar-refractivity contribution >= 4 is 5.91 Å². The van der Waals surface area contributed by atoms with E-state index in [0.29, 0.717) is 12.1 Å². The van der Waals surface area contributed by atoms with Crippen molar-refractivity contribution in [2.75, 3.05) is 6.54 Å². The van der Waals surface area contributed by atoms with E-state index in [1.165, 1.54) is 0 Å². The van der Waals surface area contributed by atoms with Crippen LogP contribution >= 0.6 is 0 Å². The van der Waals surface area contributed by atoms with Crippen LogP contribution in [-0.2, 0) is 4.79 Å². The number of carbonyl (C=O) groups is 1. The predicted molar refractivity (Wildman–Crippen MR) is 75.2 cm³/mol. The van der Waals surface area contributed by atoms with Gasteiger partial charge in [0.15, 0.2) is 0 Å². The molecule has 0 aliphatic heterocycles. The summed E-state index contributed by atoms with van der Waals surface area (Å²) in [7, 11) is 0. The zero-order valence-corrected chi connectivity index (χ0v) is 11.5. The van der Waals surface area contributed by atoms with E-state index in [9.17, 15) is 4.79 Å². The molecule has 2 unspecified atom stereocenters. The number of benzene rings is 1. The fourth-order valence-electron chi connectivity index (χ4n) is 1.97. The average molecular weight is 259 g/mol. The number of nitrogens with two attached hydrogens (primary N) is 1. The van der Waals surface area contributed by atoms with Crippen LogP contribution < -0.4 is 11.1 Å². The fraction of sp³-hybridized carbons (Fsp3) is 0.467. The zero-order valence-electron chi connectivity index (χ0n) is 11.5. The van der Waals surface area contributed by atoms with Crippen molar-refractivity contribution in [1.29, 1.82) is 5.26 Å². The molecule has 0 heterocycles. The van der Waals surface area contributed by atoms with E-state index in [4.69, 9.17) is 11.0 Å². The third-order valence-corrected chi connectivity index (χ3v) is 3.19. The Morgan fingerprint density at radius 3 is 2.53 bits per heavy atom. The monoisotopic (exact) mass is 259 g/mol. The van der Waals surface area contributed by atoms with Crippen LogP contribution in [0.3, 0.4) is 0 Å². The molecule has 0 radical (unpaired) electrons. The van der Waals surface area contributed by atoms with Crippen LogP contribution in [0, 0.1) is 17.2 Å². The summed E-state index contributed by atoms with van der Waals surface area (Å²) in [6.07, 6.45) is 1.75. The maximum absolute atomic E-state index is 12.0. The second kappa shape index (κ2) is 7.55. The minimum Gasteiger partial charge on any atom is -0.349 e. The Morgan fingerprint density at radius 2 is 2.05 bits per heavy atom. The number of hydrogen-bond acceptors (Lipinski definition) is 3. The molecule has 0 saturated carbocycles. The maximum Gasteiger partial charge on any atom is 0.224 e. The molecule has 0 fully saturated rings. The highest BCUT2D eigenvalue weighted by atomic mass is 16.1. The molecule has 0 aromatic heterocycles. The highest BCUT2D eigenvalue weighted by molar-refractivity contribution is 5.79. The Hall–Kier alpha value is -1.86. The molecular weight excluding hydrogens is 238 g/mol. The molecule has 0 aliphatic rings. The largest absolute Gasteiger partial charge is 0.349 e. The number of nitrogens with zero attached hydrogens (tertiary/aromatic N) is 1. The van der Waals surface area contributed by atoms with Crippen molar-refractivity contribution in [3.05, 3.63) is 35.4 Å². The molecule has 3 N–H and O–H groups in total. The van der Waals surface area contributed by atoms with Crippen molar-refractivity contribution in [1.82, 2.24) is 5.32 Å². The van der Waals surface area contributed by atoms with Gasteiger partial charge in [-0.15, -0.1) is 0 Å². The molecule has 0 bridgehead atoms. The third kappa shape index (κ3) is 4.38. The molecule has 0 spiro atoms. The lowest BCUT2D eigenvalue weighted by molar-refractivity contribution is -0.125. The molecule has 0 aliphatic carbocycles. The van der Waals surface area contributed by atoms with Gasteiger partial charge in [-0.25, -0.2) is 0 Å². The standard InChI is InChI=1S/C15H21N3O/c1-3-4-14(10-17)15(19)18-11(2)13-7-5-12(9-16)6-8-13/h5-8,11,14H,3-4,10,17H2,1-2H3,(H,18,19). The van der Waals surface area contributed by atoms with Crippen LogP contribution in [-0.4, -0.2) is 12.5 Å². The second-order valence-corrected chi connectivity index (χ2v) is 4.69. The van der Waals surface area contributed by atoms with Gasteiger partial charge in [-0.05, 0) is 31.0 Å². The van der Waals surface area contributed by atoms with Crippen LogP contribution in [0.15, 0.2) is 24.3 Å². The van der Waals surface area contributed by atoms with Gasteiger partial charge >= 0.3 is 0 Å². The molecule has 4 nitrogen and oxygen atoms in total. The minimum atomic E-state index is -0.120. The summed E-state index contributed by atoms with van der Waals surface area (Å²) in [5.74, 6) is -0.118. The topological polar surface area (TPSA) is 78.9 Å². The van der Waals surface area contributed by atoms with Gasteiger partial charge in [-0.2, -0.15) is 5.26 Å². The first-order chi connectivity index (χ1) is 9.12. The van der Waals surface area contributed by atoms with Crippen LogP contribution in [0.2, 0.25) is 0 Å². The summed E-state index contributed by atoms with van der Waals surface area (Å²) in [6, 6.07) is 9.23. The number of nitriles is 1. The first kappa shape index (κ1) is 15.2. The van der Waals surface area contributed by atoms with E-state index < -0.39 is 0 Å². The van der Waals surface area contributed by atoms with Crippen LogP contribution in [0.25, 0.3) is 0 Å². The lowest BCUT2D eigenvalue weighted by Crippen LogP contribution is -2.36. The summed E-state index contributed by atoms with van der Waals surface area (Å²) in [5.41, 5.74) is 7.22. The van der Waals surface area contributed by atoms with Crippen LogP contribution in [0.5, 0.6) is 0 Å². The number of hydrogen-bond donors (Lipinski definition) is 2. The summed E-state index contributed by atoms with van der Waals surface area (Å²) >= 11 is 0. The maximum atomic E-state index is 12.0. The molecule has 2 atom stereocenters. The predicted octanol–water partition coefficient (Wildman–Crippen LogP) is 2.11. The highest BCUT2D eigenvalue weighted by Gasteiger charge is 2.18. The van der Waals surface area contributed by atoms with E-state index >= 15 is 0 Å². The third-order valence-electron chi connectivity index (χ3n) is 3.19. The van der Waals surface area contributed by atoms with Crippen molar-refractivity contribution < 1.29 is 4.79 Å². The van der Waals surface area contributed by atoms with Gasteiger partial charge in [0.1, 0.15) is 0 Å². The van der Waals surface area contributed by atoms with Crippen molar-refractivity contribution in [3.63, 3.8) is 0 Å². The molecule has 0 saturated heterocycles. The van der Waals surface area contributed by atoms with Gasteiger partial charge in [0.05, 0.1) is 23.6 Å². The first-order valence-corrected chi connectivity index (χ1v) is 6.62. The van der Waals surface area contributed by atoms with Crippen molar-refractivity contribution in [2.24, 2.45) is 11.7 Å². The molecule has 102 valence electrons. The molecule has 4 heteroatoms. The number of carbonyl (C=O) groups excluding carboxylic acids is 1. The van der Waals surface area contributed by atoms with Crippen molar-refractivity contribution in [2.45, 2.75) is 32.7 Å². The summed E-state index contributed by atoms with van der Waals surface area (Å²) in [6.45, 7) is 4.35. The smallest absolute Gasteiger partial charge is 0.224 e. The Balaban J connectivity index is 2.65. The average Bonchev–Trinajstić information content (AvgIpc) is 2.44. The molecule has 1 amide bonds. The molecule has 1 aromatic rings. The Morgan fingerprint density at radius 1 is 1.42 bits per heavy atom. The lowest BCUT2D eigenvalue weighted by atomic mass is 10.0. The summed E-state index contributed by atoms with van der Waals surface area (Å²) in [5, 5.41) is 11.7. The molecular formula is C15H21N3O. The lowest BCUT2D eigenvalue weighted by Gasteiger charge is -2.19. The highest BCUT2D eigenvalue weighted by Crippen LogP contribution is 2.14. The Labute approximate surface area is 114 Å². The second-order valence-electron chi connectivity index (χ2n) is 4.69. The summed E-state index contributed by atoms with van der Waals surface area (Å²) in [4.78, 5) is 12.0. The van der Waals surface area contributed by atoms with E-state index in [0.717, 1.165) is 18.4 Å². The Bertz CT molecular complexity index is 447. The van der Waals surface area contributed by atoms with E-state index in [1.54, 1.807) is 12.1 Å². The normalized spacial score (nSPS) is 13.4. The molecule has 1 rings (SSSR count). The minimum absolute atomic E-state index is 0.00112. The number of amides is 1. The van der Waals surface area contributed by atoms with E-state index in [1.807, 2.05) is 26.0 Å². The summed E-state index contributed by atoms with van der Waals surface area (Å²) < 4.78 is 0. The van der Waals surface area contributed by atoms with Crippen LogP contribution in [0.1, 0.15) is 43.9 Å². The molecule has 1 aromatic carbocycles. The van der Waals surface area contributed by atoms with Gasteiger partial charge in [-0.3, -0.25) is 4.79 Å². The van der Waals surface area contributed by atoms with Gasteiger partial charge in [-0.1, -0.05) is 25.5 Å². The van der Waals surface area contributed by atoms with Crippen LogP contribution in [0.4, 0.5) is 0 Å². The SMILES string of the molecule is CCCC(CN)C(=O)NC(C)c1ccc(C#N)cc1. The van der Waals surface area contributed by atoms with Crippen molar-refractivity contribution in [3.8, 4) is 6.07 Å². The fourth-order valence-corrected chi connectivity index (χ4v) is 1.97. The Kier molecular flexibility index (Phi) is 6.04. The van der Waals surface area contributed by atoms with Gasteiger partial charge in [0, 0.05) is 6.54 Å². The number of rotatable bonds is 6. The van der Waals surface area contributed by atoms with E-state index in [2.05, 4.69) is 11.4 Å². The number of nitrogens with one attached hydrogen (secondary N) is 1. The van der Waals surface area contributed by atoms with Gasteiger partial charge in [0.2, 0.25) is 5.91 Å². The quantitative estimate of drug-likeness (QED) is 0.821.